The molecule has 1 aromatic carbocycles. The number of hydrogen-bond acceptors (Lipinski definition) is 18. The number of halogens is 1. The number of aromatic nitrogens is 3. The monoisotopic (exact) mass is 1010 g/mol. The molecule has 3 fully saturated rings. The van der Waals surface area contributed by atoms with Gasteiger partial charge in [-0.05, 0) is 72.7 Å². The first-order chi connectivity index (χ1) is 33.4. The van der Waals surface area contributed by atoms with Crippen LogP contribution in [0, 0.1) is 29.5 Å². The number of nitrogens with zero attached hydrogens (tertiary/aromatic N) is 5. The highest BCUT2D eigenvalue weighted by molar-refractivity contribution is 5.89. The van der Waals surface area contributed by atoms with Crippen LogP contribution in [0.2, 0.25) is 0 Å². The van der Waals surface area contributed by atoms with Crippen molar-refractivity contribution in [1.82, 2.24) is 19.9 Å². The molecule has 4 aliphatic heterocycles. The number of aliphatic hydroxyl groups is 4. The standard InChI is InChI=1S/C50H76FN5O15/c1-13-38-50(9,63)44(59)28(4)40(57)26(2)19-37(64-11)43(29(5)42(30(6)46(61)69-38)70-39-22-49(8,65-12)45(60)31(7)67-39)71-47-41(58)36(20-27(3)66-47)54(10)18-17-33-23-55(53-52-33)24-35-25-56(48(62)68-35)34-16-14-15-32(51)21-34/h14-16,21,23,26-31,35-36,38-39,41-42,44-45,47,58-60,63H,13,17-20,22,24-25H2,1-12H3/b43-37-/t26-,27-,28+,29+,30-,31+,35+,36+,38-,39+,41-,42+,44-,45+,47+,49-,50-/m1/s1. The number of amides is 1. The summed E-state index contributed by atoms with van der Waals surface area (Å²) in [5, 5.41) is 55.1. The van der Waals surface area contributed by atoms with Gasteiger partial charge in [0.25, 0.3) is 0 Å². The highest BCUT2D eigenvalue weighted by Crippen LogP contribution is 2.40. The lowest BCUT2D eigenvalue weighted by molar-refractivity contribution is -0.297. The van der Waals surface area contributed by atoms with Crippen molar-refractivity contribution < 1.29 is 77.1 Å². The predicted molar refractivity (Wildman–Crippen MR) is 253 cm³/mol. The molecule has 3 saturated heterocycles. The van der Waals surface area contributed by atoms with E-state index in [1.54, 1.807) is 58.5 Å². The van der Waals surface area contributed by atoms with E-state index >= 15 is 0 Å². The Balaban J connectivity index is 1.25. The van der Waals surface area contributed by atoms with E-state index in [1.165, 1.54) is 51.2 Å². The fourth-order valence-corrected chi connectivity index (χ4v) is 10.3. The quantitative estimate of drug-likeness (QED) is 0.196. The van der Waals surface area contributed by atoms with Crippen molar-refractivity contribution in [3.05, 3.63) is 53.5 Å². The molecule has 0 aliphatic carbocycles. The van der Waals surface area contributed by atoms with E-state index in [0.717, 1.165) is 0 Å². The van der Waals surface area contributed by atoms with Crippen LogP contribution in [0.15, 0.2) is 42.0 Å². The minimum Gasteiger partial charge on any atom is -0.498 e. The number of methoxy groups -OCH3 is 2. The zero-order valence-corrected chi connectivity index (χ0v) is 43.1. The number of hydrogen-bond donors (Lipinski definition) is 4. The van der Waals surface area contributed by atoms with Gasteiger partial charge in [0.1, 0.15) is 53.1 Å². The Morgan fingerprint density at radius 1 is 0.972 bits per heavy atom. The molecule has 6 rings (SSSR count). The second-order valence-corrected chi connectivity index (χ2v) is 20.4. The SMILES string of the molecule is CC[C@H]1OC(=O)[C@H](C)[C@@H](O[C@H]2C[C@@](C)(OC)[C@@H](O)[C@H](C)O2)[C@H](C)/C(O[C@@H]2O[C@H](C)C[C@H](N(C)CCc3cn(C[C@H]4CN(c5cccc(F)c5)C(=O)O4)nn3)[C@H]2O)=C(/OC)C[C@@H](C)C(=O)[C@H](C)[C@@H](O)[C@]1(C)O. The van der Waals surface area contributed by atoms with Gasteiger partial charge in [-0.2, -0.15) is 0 Å². The summed E-state index contributed by atoms with van der Waals surface area (Å²) in [5.41, 5.74) is -2.05. The Kier molecular flexibility index (Phi) is 18.3. The van der Waals surface area contributed by atoms with E-state index in [2.05, 4.69) is 10.3 Å². The summed E-state index contributed by atoms with van der Waals surface area (Å²) >= 11 is 0. The second-order valence-electron chi connectivity index (χ2n) is 20.4. The van der Waals surface area contributed by atoms with E-state index in [9.17, 15) is 39.2 Å². The van der Waals surface area contributed by atoms with Crippen molar-refractivity contribution in [3.63, 3.8) is 0 Å². The number of benzene rings is 1. The van der Waals surface area contributed by atoms with Crippen LogP contribution in [0.1, 0.15) is 93.7 Å². The molecule has 0 bridgehead atoms. The van der Waals surface area contributed by atoms with Gasteiger partial charge < -0.3 is 63.2 Å². The first kappa shape index (κ1) is 56.0. The average molecular weight is 1010 g/mol. The maximum absolute atomic E-state index is 14.4. The summed E-state index contributed by atoms with van der Waals surface area (Å²) in [6, 6.07) is 5.24. The Hall–Kier alpha value is -4.32. The van der Waals surface area contributed by atoms with Crippen molar-refractivity contribution in [1.29, 1.82) is 0 Å². The minimum absolute atomic E-state index is 0.0430. The maximum atomic E-state index is 14.4. The van der Waals surface area contributed by atoms with Crippen LogP contribution in [-0.4, -0.2) is 171 Å². The molecule has 0 saturated carbocycles. The number of aliphatic hydroxyl groups excluding tert-OH is 3. The molecule has 0 spiro atoms. The number of cyclic esters (lactones) is 2. The molecule has 4 aliphatic rings. The Labute approximate surface area is 415 Å². The van der Waals surface area contributed by atoms with Crippen LogP contribution in [0.4, 0.5) is 14.9 Å². The topological polar surface area (TPSA) is 243 Å². The molecular weight excluding hydrogens is 930 g/mol. The predicted octanol–water partition coefficient (Wildman–Crippen LogP) is 3.89. The third-order valence-electron chi connectivity index (χ3n) is 15.0. The zero-order valence-electron chi connectivity index (χ0n) is 43.1. The van der Waals surface area contributed by atoms with Crippen LogP contribution in [0.25, 0.3) is 0 Å². The van der Waals surface area contributed by atoms with Gasteiger partial charge in [-0.3, -0.25) is 14.5 Å². The van der Waals surface area contributed by atoms with E-state index in [-0.39, 0.29) is 49.7 Å². The van der Waals surface area contributed by atoms with Crippen LogP contribution in [0.3, 0.4) is 0 Å². The van der Waals surface area contributed by atoms with E-state index in [4.69, 9.17) is 37.9 Å². The lowest BCUT2D eigenvalue weighted by Crippen LogP contribution is -2.58. The van der Waals surface area contributed by atoms with Gasteiger partial charge in [0.2, 0.25) is 6.29 Å². The smallest absolute Gasteiger partial charge is 0.414 e. The Morgan fingerprint density at radius 3 is 2.35 bits per heavy atom. The minimum atomic E-state index is -2.02. The van der Waals surface area contributed by atoms with Crippen LogP contribution >= 0.6 is 0 Å². The second kappa shape index (κ2) is 23.3. The van der Waals surface area contributed by atoms with Crippen molar-refractivity contribution >= 4 is 23.5 Å². The molecule has 17 atom stereocenters. The molecule has 0 unspecified atom stereocenters. The van der Waals surface area contributed by atoms with Crippen LogP contribution < -0.4 is 4.90 Å². The first-order valence-electron chi connectivity index (χ1n) is 24.7. The molecule has 0 radical (unpaired) electrons. The molecule has 71 heavy (non-hydrogen) atoms. The molecule has 1 aromatic heterocycles. The van der Waals surface area contributed by atoms with Gasteiger partial charge in [0.15, 0.2) is 6.29 Å². The fourth-order valence-electron chi connectivity index (χ4n) is 10.3. The van der Waals surface area contributed by atoms with E-state index < -0.39 is 120 Å². The lowest BCUT2D eigenvalue weighted by atomic mass is 9.78. The maximum Gasteiger partial charge on any atom is 0.414 e. The van der Waals surface area contributed by atoms with Crippen molar-refractivity contribution in [2.75, 3.05) is 39.3 Å². The van der Waals surface area contributed by atoms with Gasteiger partial charge in [-0.1, -0.05) is 39.0 Å². The van der Waals surface area contributed by atoms with Gasteiger partial charge >= 0.3 is 12.1 Å². The highest BCUT2D eigenvalue weighted by Gasteiger charge is 2.51. The highest BCUT2D eigenvalue weighted by atomic mass is 19.1. The number of ether oxygens (including phenoxy) is 8. The normalized spacial score (nSPS) is 39.0. The van der Waals surface area contributed by atoms with Crippen LogP contribution in [0.5, 0.6) is 0 Å². The first-order valence-corrected chi connectivity index (χ1v) is 24.7. The molecule has 20 nitrogen and oxygen atoms in total. The van der Waals surface area contributed by atoms with Crippen molar-refractivity contribution in [3.8, 4) is 0 Å². The number of anilines is 1. The molecule has 2 aromatic rings. The van der Waals surface area contributed by atoms with Gasteiger partial charge in [-0.25, -0.2) is 13.9 Å². The largest absolute Gasteiger partial charge is 0.498 e. The van der Waals surface area contributed by atoms with Crippen LogP contribution in [-0.2, 0) is 60.4 Å². The fraction of sp³-hybridized carbons (Fsp3) is 0.740. The lowest BCUT2D eigenvalue weighted by Gasteiger charge is -2.46. The van der Waals surface area contributed by atoms with Gasteiger partial charge in [0, 0.05) is 62.9 Å². The zero-order chi connectivity index (χ0) is 52.3. The Morgan fingerprint density at radius 2 is 1.69 bits per heavy atom. The number of carbonyl (C=O) groups is 3. The van der Waals surface area contributed by atoms with Gasteiger partial charge in [0.05, 0.1) is 67.5 Å². The van der Waals surface area contributed by atoms with Crippen molar-refractivity contribution in [2.24, 2.45) is 23.7 Å². The molecular formula is C50H76FN5O15. The summed E-state index contributed by atoms with van der Waals surface area (Å²) in [6.45, 7) is 15.8. The number of carbonyl (C=O) groups excluding carboxylic acids is 3. The molecule has 4 N–H and O–H groups in total. The third kappa shape index (κ3) is 12.5. The number of esters is 1. The molecule has 398 valence electrons. The number of Topliss-reactive ketones (excluding diaryl/α,β-unsaturated/α-hetero) is 1. The van der Waals surface area contributed by atoms with Gasteiger partial charge in [-0.15, -0.1) is 5.10 Å². The summed E-state index contributed by atoms with van der Waals surface area (Å²) in [6.07, 6.45) is -8.04. The molecule has 21 heteroatoms. The van der Waals surface area contributed by atoms with E-state index in [0.29, 0.717) is 30.8 Å². The Bertz CT molecular complexity index is 2180. The summed E-state index contributed by atoms with van der Waals surface area (Å²) in [4.78, 5) is 44.4. The average Bonchev–Trinajstić information content (AvgIpc) is 3.95. The summed E-state index contributed by atoms with van der Waals surface area (Å²) in [7, 11) is 4.76. The third-order valence-corrected chi connectivity index (χ3v) is 15.0. The molecule has 5 heterocycles. The van der Waals surface area contributed by atoms with E-state index in [1.807, 2.05) is 18.9 Å². The number of ketones is 1. The summed E-state index contributed by atoms with van der Waals surface area (Å²) in [5.74, 6) is -5.18. The number of allylic oxidation sites excluding steroid dienone is 1. The van der Waals surface area contributed by atoms with Crippen molar-refractivity contribution in [2.45, 2.75) is 180 Å². The number of likely N-dealkylation sites (N-methyl/N-ethyl adjacent to an activating group) is 1. The molecule has 1 amide bonds. The summed E-state index contributed by atoms with van der Waals surface area (Å²) < 4.78 is 64.9. The number of rotatable bonds is 14.